The lowest BCUT2D eigenvalue weighted by atomic mass is 10.3. The summed E-state index contributed by atoms with van der Waals surface area (Å²) >= 11 is 3.28. The summed E-state index contributed by atoms with van der Waals surface area (Å²) < 4.78 is 32.4. The second-order valence-corrected chi connectivity index (χ2v) is 7.31. The van der Waals surface area contributed by atoms with Crippen molar-refractivity contribution in [3.05, 3.63) is 52.8 Å². The van der Waals surface area contributed by atoms with Gasteiger partial charge in [0.1, 0.15) is 10.6 Å². The molecule has 0 saturated carbocycles. The van der Waals surface area contributed by atoms with Crippen LogP contribution in [0.5, 0.6) is 5.75 Å². The van der Waals surface area contributed by atoms with Gasteiger partial charge < -0.3 is 4.74 Å². The van der Waals surface area contributed by atoms with Gasteiger partial charge in [-0.05, 0) is 30.3 Å². The summed E-state index contributed by atoms with van der Waals surface area (Å²) in [5.41, 5.74) is 0.678. The maximum atomic E-state index is 12.7. The number of nitrogens with zero attached hydrogens (tertiary/aromatic N) is 2. The number of hydrogen-bond acceptors (Lipinski definition) is 4. The van der Waals surface area contributed by atoms with E-state index in [1.54, 1.807) is 30.5 Å². The van der Waals surface area contributed by atoms with Crippen molar-refractivity contribution in [2.24, 2.45) is 0 Å². The maximum absolute atomic E-state index is 12.7. The van der Waals surface area contributed by atoms with E-state index in [9.17, 15) is 8.42 Å². The zero-order valence-electron chi connectivity index (χ0n) is 11.7. The first-order chi connectivity index (χ1) is 9.95. The van der Waals surface area contributed by atoms with Crippen molar-refractivity contribution < 1.29 is 13.2 Å². The Kier molecular flexibility index (Phi) is 4.97. The SMILES string of the molecule is COc1ccc(Br)cc1S(=O)(=O)N(C)Cc1ccccn1. The summed E-state index contributed by atoms with van der Waals surface area (Å²) in [6.07, 6.45) is 1.63. The van der Waals surface area contributed by atoms with Gasteiger partial charge in [-0.2, -0.15) is 4.31 Å². The van der Waals surface area contributed by atoms with E-state index in [0.29, 0.717) is 15.9 Å². The van der Waals surface area contributed by atoms with Crippen molar-refractivity contribution in [3.63, 3.8) is 0 Å². The van der Waals surface area contributed by atoms with E-state index in [-0.39, 0.29) is 11.4 Å². The molecule has 112 valence electrons. The number of sulfonamides is 1. The Balaban J connectivity index is 2.35. The third kappa shape index (κ3) is 3.61. The second-order valence-electron chi connectivity index (χ2n) is 4.38. The van der Waals surface area contributed by atoms with Crippen molar-refractivity contribution in [1.29, 1.82) is 0 Å². The number of hydrogen-bond donors (Lipinski definition) is 0. The molecule has 0 aliphatic rings. The fourth-order valence-electron chi connectivity index (χ4n) is 1.82. The van der Waals surface area contributed by atoms with Gasteiger partial charge in [-0.25, -0.2) is 8.42 Å². The highest BCUT2D eigenvalue weighted by atomic mass is 79.9. The molecule has 0 amide bonds. The highest BCUT2D eigenvalue weighted by molar-refractivity contribution is 9.10. The van der Waals surface area contributed by atoms with Gasteiger partial charge in [0.15, 0.2) is 0 Å². The Bertz CT molecular complexity index is 720. The van der Waals surface area contributed by atoms with E-state index in [1.807, 2.05) is 6.07 Å². The molecular formula is C14H15BrN2O3S. The minimum Gasteiger partial charge on any atom is -0.495 e. The molecule has 7 heteroatoms. The predicted molar refractivity (Wildman–Crippen MR) is 83.6 cm³/mol. The summed E-state index contributed by atoms with van der Waals surface area (Å²) in [6.45, 7) is 0.193. The molecule has 0 atom stereocenters. The molecule has 1 aromatic carbocycles. The van der Waals surface area contributed by atoms with E-state index in [0.717, 1.165) is 0 Å². The van der Waals surface area contributed by atoms with E-state index < -0.39 is 10.0 Å². The quantitative estimate of drug-likeness (QED) is 0.811. The molecule has 0 aliphatic heterocycles. The highest BCUT2D eigenvalue weighted by Gasteiger charge is 2.25. The van der Waals surface area contributed by atoms with Crippen LogP contribution in [0.3, 0.4) is 0 Å². The van der Waals surface area contributed by atoms with Crippen molar-refractivity contribution in [2.75, 3.05) is 14.2 Å². The molecular weight excluding hydrogens is 356 g/mol. The molecule has 0 radical (unpaired) electrons. The molecule has 2 aromatic rings. The van der Waals surface area contributed by atoms with E-state index in [2.05, 4.69) is 20.9 Å². The van der Waals surface area contributed by atoms with E-state index in [1.165, 1.54) is 24.5 Å². The van der Waals surface area contributed by atoms with Crippen LogP contribution < -0.4 is 4.74 Å². The Morgan fingerprint density at radius 3 is 2.67 bits per heavy atom. The molecule has 0 fully saturated rings. The Hall–Kier alpha value is -1.44. The lowest BCUT2D eigenvalue weighted by Gasteiger charge is -2.18. The highest BCUT2D eigenvalue weighted by Crippen LogP contribution is 2.29. The van der Waals surface area contributed by atoms with Crippen molar-refractivity contribution in [3.8, 4) is 5.75 Å². The van der Waals surface area contributed by atoms with Crippen LogP contribution in [-0.4, -0.2) is 31.9 Å². The average Bonchev–Trinajstić information content (AvgIpc) is 2.48. The summed E-state index contributed by atoms with van der Waals surface area (Å²) in [5.74, 6) is 0.311. The average molecular weight is 371 g/mol. The molecule has 0 aliphatic carbocycles. The summed E-state index contributed by atoms with van der Waals surface area (Å²) in [6, 6.07) is 10.3. The Labute approximate surface area is 132 Å². The molecule has 0 bridgehead atoms. The number of pyridine rings is 1. The predicted octanol–water partition coefficient (Wildman–Crippen LogP) is 2.67. The zero-order valence-corrected chi connectivity index (χ0v) is 14.1. The Morgan fingerprint density at radius 2 is 2.05 bits per heavy atom. The standard InChI is InChI=1S/C14H15BrN2O3S/c1-17(10-12-5-3-4-8-16-12)21(18,19)14-9-11(15)6-7-13(14)20-2/h3-9H,10H2,1-2H3. The minimum atomic E-state index is -3.66. The van der Waals surface area contributed by atoms with Crippen LogP contribution in [-0.2, 0) is 16.6 Å². The number of aromatic nitrogens is 1. The summed E-state index contributed by atoms with van der Waals surface area (Å²) in [4.78, 5) is 4.26. The van der Waals surface area contributed by atoms with E-state index in [4.69, 9.17) is 4.74 Å². The molecule has 0 saturated heterocycles. The van der Waals surface area contributed by atoms with Gasteiger partial charge in [0.25, 0.3) is 0 Å². The Morgan fingerprint density at radius 1 is 1.29 bits per heavy atom. The monoisotopic (exact) mass is 370 g/mol. The van der Waals surface area contributed by atoms with Gasteiger partial charge in [-0.3, -0.25) is 4.98 Å². The second kappa shape index (κ2) is 6.55. The normalized spacial score (nSPS) is 11.6. The van der Waals surface area contributed by atoms with Crippen LogP contribution in [0.1, 0.15) is 5.69 Å². The molecule has 5 nitrogen and oxygen atoms in total. The smallest absolute Gasteiger partial charge is 0.246 e. The number of benzene rings is 1. The fourth-order valence-corrected chi connectivity index (χ4v) is 3.66. The van der Waals surface area contributed by atoms with E-state index >= 15 is 0 Å². The van der Waals surface area contributed by atoms with Crippen LogP contribution in [0.15, 0.2) is 52.0 Å². The first-order valence-electron chi connectivity index (χ1n) is 6.15. The lowest BCUT2D eigenvalue weighted by molar-refractivity contribution is 0.397. The molecule has 2 rings (SSSR count). The largest absolute Gasteiger partial charge is 0.495 e. The topological polar surface area (TPSA) is 59.5 Å². The number of ether oxygens (including phenoxy) is 1. The third-order valence-electron chi connectivity index (χ3n) is 2.92. The van der Waals surface area contributed by atoms with Gasteiger partial charge in [-0.1, -0.05) is 22.0 Å². The van der Waals surface area contributed by atoms with Gasteiger partial charge in [0.2, 0.25) is 10.0 Å². The molecule has 0 unspecified atom stereocenters. The third-order valence-corrected chi connectivity index (χ3v) is 5.24. The minimum absolute atomic E-state index is 0.123. The summed E-state index contributed by atoms with van der Waals surface area (Å²) in [7, 11) is -0.700. The molecule has 0 spiro atoms. The molecule has 21 heavy (non-hydrogen) atoms. The summed E-state index contributed by atoms with van der Waals surface area (Å²) in [5, 5.41) is 0. The van der Waals surface area contributed by atoms with Crippen LogP contribution in [0.2, 0.25) is 0 Å². The zero-order chi connectivity index (χ0) is 15.5. The first kappa shape index (κ1) is 15.9. The van der Waals surface area contributed by atoms with Crippen LogP contribution in [0, 0.1) is 0 Å². The molecule has 1 heterocycles. The number of rotatable bonds is 5. The van der Waals surface area contributed by atoms with Crippen molar-refractivity contribution >= 4 is 26.0 Å². The maximum Gasteiger partial charge on any atom is 0.246 e. The van der Waals surface area contributed by atoms with Crippen molar-refractivity contribution in [1.82, 2.24) is 9.29 Å². The van der Waals surface area contributed by atoms with Crippen LogP contribution >= 0.6 is 15.9 Å². The van der Waals surface area contributed by atoms with Gasteiger partial charge in [-0.15, -0.1) is 0 Å². The van der Waals surface area contributed by atoms with Gasteiger partial charge in [0.05, 0.1) is 19.3 Å². The molecule has 1 aromatic heterocycles. The number of halogens is 1. The van der Waals surface area contributed by atoms with Crippen LogP contribution in [0.25, 0.3) is 0 Å². The first-order valence-corrected chi connectivity index (χ1v) is 8.38. The lowest BCUT2D eigenvalue weighted by Crippen LogP contribution is -2.27. The number of methoxy groups -OCH3 is 1. The fraction of sp³-hybridized carbons (Fsp3) is 0.214. The van der Waals surface area contributed by atoms with Crippen molar-refractivity contribution in [2.45, 2.75) is 11.4 Å². The van der Waals surface area contributed by atoms with Gasteiger partial charge >= 0.3 is 0 Å². The van der Waals surface area contributed by atoms with Crippen LogP contribution in [0.4, 0.5) is 0 Å². The molecule has 0 N–H and O–H groups in total. The van der Waals surface area contributed by atoms with Gasteiger partial charge in [0, 0.05) is 17.7 Å².